The van der Waals surface area contributed by atoms with Gasteiger partial charge in [0.1, 0.15) is 0 Å². The Morgan fingerprint density at radius 1 is 1.03 bits per heavy atom. The zero-order chi connectivity index (χ0) is 21.8. The molecule has 0 bridgehead atoms. The Morgan fingerprint density at radius 2 is 1.77 bits per heavy atom. The fourth-order valence-corrected chi connectivity index (χ4v) is 3.34. The Labute approximate surface area is 179 Å². The first kappa shape index (κ1) is 23.8. The average molecular weight is 412 g/mol. The van der Waals surface area contributed by atoms with E-state index < -0.39 is 18.2 Å². The van der Waals surface area contributed by atoms with Gasteiger partial charge in [-0.25, -0.2) is 4.79 Å². The Kier molecular flexibility index (Phi) is 10.3. The van der Waals surface area contributed by atoms with Crippen molar-refractivity contribution in [3.05, 3.63) is 71.1 Å². The second kappa shape index (κ2) is 12.9. The summed E-state index contributed by atoms with van der Waals surface area (Å²) in [6, 6.07) is 11.9. The number of aromatic nitrogens is 1. The molecule has 0 unspecified atom stereocenters. The van der Waals surface area contributed by atoms with Gasteiger partial charge in [-0.15, -0.1) is 0 Å². The minimum atomic E-state index is -1.02. The van der Waals surface area contributed by atoms with Crippen LogP contribution in [-0.4, -0.2) is 32.4 Å². The predicted molar refractivity (Wildman–Crippen MR) is 119 cm³/mol. The minimum absolute atomic E-state index is 0.149. The highest BCUT2D eigenvalue weighted by Crippen LogP contribution is 2.19. The molecule has 0 amide bonds. The Balaban J connectivity index is 1.87. The maximum atomic E-state index is 11.1. The van der Waals surface area contributed by atoms with Gasteiger partial charge in [0.2, 0.25) is 0 Å². The number of hydrogen-bond acceptors (Lipinski definition) is 4. The first-order valence-electron chi connectivity index (χ1n) is 10.8. The molecule has 0 aliphatic carbocycles. The van der Waals surface area contributed by atoms with E-state index in [0.29, 0.717) is 11.3 Å². The van der Waals surface area contributed by atoms with Crippen LogP contribution in [0, 0.1) is 0 Å². The molecule has 0 spiro atoms. The molecule has 0 saturated heterocycles. The molecule has 0 fully saturated rings. The van der Waals surface area contributed by atoms with E-state index in [9.17, 15) is 15.0 Å². The molecule has 30 heavy (non-hydrogen) atoms. The van der Waals surface area contributed by atoms with E-state index in [0.717, 1.165) is 25.0 Å². The highest BCUT2D eigenvalue weighted by atomic mass is 16.4. The largest absolute Gasteiger partial charge is 0.478 e. The first-order chi connectivity index (χ1) is 14.5. The van der Waals surface area contributed by atoms with E-state index >= 15 is 0 Å². The van der Waals surface area contributed by atoms with Crippen LogP contribution in [0.25, 0.3) is 6.08 Å². The highest BCUT2D eigenvalue weighted by molar-refractivity contribution is 5.87. The molecule has 5 heteroatoms. The molecule has 3 N–H and O–H groups in total. The van der Waals surface area contributed by atoms with Crippen LogP contribution in [0.3, 0.4) is 0 Å². The van der Waals surface area contributed by atoms with Crippen LogP contribution in [0.4, 0.5) is 0 Å². The topological polar surface area (TPSA) is 90.7 Å². The molecule has 2 rings (SSSR count). The van der Waals surface area contributed by atoms with Crippen LogP contribution in [0.1, 0.15) is 85.3 Å². The molecule has 1 aromatic heterocycles. The molecule has 0 radical (unpaired) electrons. The van der Waals surface area contributed by atoms with Crippen LogP contribution in [0.5, 0.6) is 0 Å². The van der Waals surface area contributed by atoms with Crippen molar-refractivity contribution in [2.75, 3.05) is 0 Å². The molecular weight excluding hydrogens is 378 g/mol. The lowest BCUT2D eigenvalue weighted by Crippen LogP contribution is -2.06. The molecule has 2 aromatic rings. The molecule has 162 valence electrons. The zero-order valence-corrected chi connectivity index (χ0v) is 17.7. The van der Waals surface area contributed by atoms with E-state index in [1.807, 2.05) is 24.3 Å². The summed E-state index contributed by atoms with van der Waals surface area (Å²) >= 11 is 0. The Hall–Kier alpha value is -2.50. The van der Waals surface area contributed by atoms with Crippen molar-refractivity contribution in [1.29, 1.82) is 0 Å². The summed E-state index contributed by atoms with van der Waals surface area (Å²) in [7, 11) is 0. The first-order valence-corrected chi connectivity index (χ1v) is 10.8. The Morgan fingerprint density at radius 3 is 2.53 bits per heavy atom. The predicted octanol–water partition coefficient (Wildman–Crippen LogP) is 5.18. The summed E-state index contributed by atoms with van der Waals surface area (Å²) in [6.07, 6.45) is 10.5. The van der Waals surface area contributed by atoms with E-state index in [4.69, 9.17) is 5.11 Å². The lowest BCUT2D eigenvalue weighted by atomic mass is 10.0. The standard InChI is InChI=1S/C25H33NO4/c1-2-3-4-5-6-7-14-23(27)16-15-21-12-9-13-22(26-21)18-24(28)19-10-8-11-20(17-19)25(29)30/h8-13,15-17,23-24,27-28H,2-7,14,18H2,1H3,(H,29,30)/b16-15+/t23-,24-/m0/s1. The molecule has 1 heterocycles. The van der Waals surface area contributed by atoms with Crippen molar-refractivity contribution >= 4 is 12.0 Å². The smallest absolute Gasteiger partial charge is 0.335 e. The highest BCUT2D eigenvalue weighted by Gasteiger charge is 2.12. The van der Waals surface area contributed by atoms with E-state index in [1.165, 1.54) is 37.8 Å². The SMILES string of the molecule is CCCCCCCC[C@H](O)/C=C/c1cccc(C[C@H](O)c2cccc(C(=O)O)c2)n1. The third kappa shape index (κ3) is 8.47. The second-order valence-corrected chi connectivity index (χ2v) is 7.69. The third-order valence-corrected chi connectivity index (χ3v) is 5.09. The number of benzene rings is 1. The van der Waals surface area contributed by atoms with Gasteiger partial charge in [0, 0.05) is 12.1 Å². The van der Waals surface area contributed by atoms with Crippen molar-refractivity contribution in [1.82, 2.24) is 4.98 Å². The lowest BCUT2D eigenvalue weighted by Gasteiger charge is -2.12. The van der Waals surface area contributed by atoms with E-state index in [2.05, 4.69) is 11.9 Å². The van der Waals surface area contributed by atoms with Gasteiger partial charge in [0.05, 0.1) is 23.5 Å². The molecule has 0 saturated carbocycles. The summed E-state index contributed by atoms with van der Waals surface area (Å²) in [5, 5.41) is 29.7. The number of carboxylic acid groups (broad SMARTS) is 1. The number of carbonyl (C=O) groups is 1. The molecule has 0 aliphatic rings. The van der Waals surface area contributed by atoms with Crippen LogP contribution >= 0.6 is 0 Å². The fourth-order valence-electron chi connectivity index (χ4n) is 3.34. The number of aromatic carboxylic acids is 1. The molecule has 2 atom stereocenters. The average Bonchev–Trinajstić information content (AvgIpc) is 2.75. The normalized spacial score (nSPS) is 13.4. The number of nitrogens with zero attached hydrogens (tertiary/aromatic N) is 1. The van der Waals surface area contributed by atoms with Gasteiger partial charge < -0.3 is 15.3 Å². The van der Waals surface area contributed by atoms with Gasteiger partial charge in [-0.05, 0) is 42.3 Å². The van der Waals surface area contributed by atoms with Gasteiger partial charge in [-0.1, -0.05) is 69.7 Å². The number of unbranched alkanes of at least 4 members (excludes halogenated alkanes) is 5. The maximum Gasteiger partial charge on any atom is 0.335 e. The number of aliphatic hydroxyl groups is 2. The summed E-state index contributed by atoms with van der Waals surface area (Å²) in [4.78, 5) is 15.6. The number of rotatable bonds is 13. The summed E-state index contributed by atoms with van der Waals surface area (Å²) in [5.41, 5.74) is 2.12. The van der Waals surface area contributed by atoms with E-state index in [1.54, 1.807) is 18.2 Å². The maximum absolute atomic E-state index is 11.1. The molecule has 5 nitrogen and oxygen atoms in total. The fraction of sp³-hybridized carbons (Fsp3) is 0.440. The number of pyridine rings is 1. The monoisotopic (exact) mass is 411 g/mol. The summed E-state index contributed by atoms with van der Waals surface area (Å²) < 4.78 is 0. The van der Waals surface area contributed by atoms with Crippen LogP contribution in [0.2, 0.25) is 0 Å². The van der Waals surface area contributed by atoms with Crippen molar-refractivity contribution in [2.45, 2.75) is 70.5 Å². The minimum Gasteiger partial charge on any atom is -0.478 e. The van der Waals surface area contributed by atoms with Crippen molar-refractivity contribution in [3.63, 3.8) is 0 Å². The van der Waals surface area contributed by atoms with Gasteiger partial charge >= 0.3 is 5.97 Å². The lowest BCUT2D eigenvalue weighted by molar-refractivity contribution is 0.0696. The summed E-state index contributed by atoms with van der Waals surface area (Å²) in [6.45, 7) is 2.20. The van der Waals surface area contributed by atoms with Crippen LogP contribution in [-0.2, 0) is 6.42 Å². The summed E-state index contributed by atoms with van der Waals surface area (Å²) in [5.74, 6) is -1.02. The Bertz CT molecular complexity index is 818. The van der Waals surface area contributed by atoms with E-state index in [-0.39, 0.29) is 12.0 Å². The molecular formula is C25H33NO4. The van der Waals surface area contributed by atoms with Gasteiger partial charge in [0.15, 0.2) is 0 Å². The van der Waals surface area contributed by atoms with Crippen LogP contribution < -0.4 is 0 Å². The van der Waals surface area contributed by atoms with Gasteiger partial charge in [-0.2, -0.15) is 0 Å². The second-order valence-electron chi connectivity index (χ2n) is 7.69. The molecule has 0 aliphatic heterocycles. The quantitative estimate of drug-likeness (QED) is 0.395. The van der Waals surface area contributed by atoms with Crippen molar-refractivity contribution < 1.29 is 20.1 Å². The third-order valence-electron chi connectivity index (χ3n) is 5.09. The van der Waals surface area contributed by atoms with Gasteiger partial charge in [-0.3, -0.25) is 4.98 Å². The number of hydrogen-bond donors (Lipinski definition) is 3. The van der Waals surface area contributed by atoms with Crippen LogP contribution in [0.15, 0.2) is 48.5 Å². The molecule has 1 aromatic carbocycles. The zero-order valence-electron chi connectivity index (χ0n) is 17.7. The number of carboxylic acids is 1. The van der Waals surface area contributed by atoms with Gasteiger partial charge in [0.25, 0.3) is 0 Å². The number of aliphatic hydroxyl groups excluding tert-OH is 2. The van der Waals surface area contributed by atoms with Crippen molar-refractivity contribution in [2.24, 2.45) is 0 Å². The van der Waals surface area contributed by atoms with Crippen molar-refractivity contribution in [3.8, 4) is 0 Å².